The summed E-state index contributed by atoms with van der Waals surface area (Å²) in [5, 5.41) is 6.52. The molecule has 0 aliphatic rings. The van der Waals surface area contributed by atoms with Gasteiger partial charge in [0.15, 0.2) is 5.82 Å². The number of halogens is 2. The van der Waals surface area contributed by atoms with Crippen molar-refractivity contribution in [2.75, 3.05) is 18.9 Å². The van der Waals surface area contributed by atoms with Crippen molar-refractivity contribution in [3.63, 3.8) is 0 Å². The van der Waals surface area contributed by atoms with E-state index >= 15 is 0 Å². The predicted molar refractivity (Wildman–Crippen MR) is 86.0 cm³/mol. The Kier molecular flexibility index (Phi) is 5.20. The van der Waals surface area contributed by atoms with Crippen LogP contribution in [-0.2, 0) is 4.79 Å². The molecule has 0 radical (unpaired) electrons. The summed E-state index contributed by atoms with van der Waals surface area (Å²) in [7, 11) is 1.52. The van der Waals surface area contributed by atoms with E-state index in [2.05, 4.69) is 26.4 Å². The Hall–Kier alpha value is -1.86. The molecule has 116 valence electrons. The molecule has 0 saturated heterocycles. The summed E-state index contributed by atoms with van der Waals surface area (Å²) in [6.07, 6.45) is 0. The lowest BCUT2D eigenvalue weighted by Gasteiger charge is -2.17. The van der Waals surface area contributed by atoms with Gasteiger partial charge in [0.05, 0.1) is 17.1 Å². The van der Waals surface area contributed by atoms with Crippen LogP contribution in [0.15, 0.2) is 33.3 Å². The Morgan fingerprint density at radius 3 is 2.73 bits per heavy atom. The molecule has 0 aliphatic carbocycles. The number of carbonyl (C=O) groups excluding carboxylic acids is 2. The number of rotatable bonds is 4. The van der Waals surface area contributed by atoms with Gasteiger partial charge in [-0.3, -0.25) is 9.59 Å². The molecule has 0 fully saturated rings. The van der Waals surface area contributed by atoms with E-state index in [1.165, 1.54) is 11.9 Å². The van der Waals surface area contributed by atoms with Crippen LogP contribution in [0.3, 0.4) is 0 Å². The molecule has 0 unspecified atom stereocenters. The second-order valence-electron chi connectivity index (χ2n) is 4.66. The number of likely N-dealkylation sites (N-methyl/N-ethyl adjacent to an activating group) is 1. The van der Waals surface area contributed by atoms with Crippen LogP contribution in [0, 0.1) is 6.92 Å². The summed E-state index contributed by atoms with van der Waals surface area (Å²) >= 11 is 9.31. The first kappa shape index (κ1) is 16.5. The number of aryl methyl sites for hydroxylation is 1. The van der Waals surface area contributed by atoms with Gasteiger partial charge in [-0.15, -0.1) is 0 Å². The second kappa shape index (κ2) is 6.93. The number of amides is 2. The molecule has 0 aliphatic heterocycles. The van der Waals surface area contributed by atoms with E-state index in [9.17, 15) is 9.59 Å². The first-order valence-corrected chi connectivity index (χ1v) is 7.47. The van der Waals surface area contributed by atoms with Crippen LogP contribution in [0.2, 0.25) is 5.02 Å². The fraction of sp³-hybridized carbons (Fsp3) is 0.214. The molecule has 22 heavy (non-hydrogen) atoms. The molecule has 1 N–H and O–H groups in total. The number of hydrogen-bond acceptors (Lipinski definition) is 4. The molecule has 2 amide bonds. The number of benzene rings is 1. The fourth-order valence-corrected chi connectivity index (χ4v) is 2.52. The Balaban J connectivity index is 2.00. The number of aromatic nitrogens is 1. The number of carbonyl (C=O) groups is 2. The Morgan fingerprint density at radius 1 is 1.41 bits per heavy atom. The number of nitrogens with zero attached hydrogens (tertiary/aromatic N) is 2. The standard InChI is InChI=1S/C14H13BrClN3O3/c1-8-5-12(18-22-8)17-13(20)7-19(2)14(21)10-4-3-9(15)6-11(10)16/h3-6H,7H2,1-2H3,(H,17,18,20). The van der Waals surface area contributed by atoms with Crippen molar-refractivity contribution in [2.45, 2.75) is 6.92 Å². The summed E-state index contributed by atoms with van der Waals surface area (Å²) in [5.74, 6) is 0.174. The lowest BCUT2D eigenvalue weighted by molar-refractivity contribution is -0.116. The molecular formula is C14H13BrClN3O3. The first-order valence-electron chi connectivity index (χ1n) is 6.30. The van der Waals surface area contributed by atoms with Crippen molar-refractivity contribution >= 4 is 45.2 Å². The van der Waals surface area contributed by atoms with E-state index in [0.29, 0.717) is 22.2 Å². The van der Waals surface area contributed by atoms with Crippen LogP contribution in [0.4, 0.5) is 5.82 Å². The Labute approximate surface area is 140 Å². The molecule has 2 rings (SSSR count). The van der Waals surface area contributed by atoms with Crippen molar-refractivity contribution in [3.8, 4) is 0 Å². The Bertz CT molecular complexity index is 717. The van der Waals surface area contributed by atoms with Gasteiger partial charge < -0.3 is 14.7 Å². The van der Waals surface area contributed by atoms with Crippen molar-refractivity contribution in [2.24, 2.45) is 0 Å². The summed E-state index contributed by atoms with van der Waals surface area (Å²) in [4.78, 5) is 25.4. The van der Waals surface area contributed by atoms with Gasteiger partial charge in [-0.05, 0) is 25.1 Å². The van der Waals surface area contributed by atoms with Gasteiger partial charge in [-0.1, -0.05) is 32.7 Å². The quantitative estimate of drug-likeness (QED) is 0.876. The van der Waals surface area contributed by atoms with Crippen LogP contribution in [-0.4, -0.2) is 35.5 Å². The molecule has 0 atom stereocenters. The van der Waals surface area contributed by atoms with Gasteiger partial charge in [0, 0.05) is 17.6 Å². The average Bonchev–Trinajstić information content (AvgIpc) is 2.83. The number of hydrogen-bond donors (Lipinski definition) is 1. The van der Waals surface area contributed by atoms with E-state index in [1.54, 1.807) is 31.2 Å². The lowest BCUT2D eigenvalue weighted by Crippen LogP contribution is -2.35. The molecule has 0 saturated carbocycles. The van der Waals surface area contributed by atoms with Crippen LogP contribution in [0.5, 0.6) is 0 Å². The van der Waals surface area contributed by atoms with Crippen molar-refractivity contribution < 1.29 is 14.1 Å². The van der Waals surface area contributed by atoms with Gasteiger partial charge in [-0.25, -0.2) is 0 Å². The molecule has 0 spiro atoms. The third-order valence-electron chi connectivity index (χ3n) is 2.78. The van der Waals surface area contributed by atoms with Crippen LogP contribution in [0.1, 0.15) is 16.1 Å². The topological polar surface area (TPSA) is 75.4 Å². The van der Waals surface area contributed by atoms with Crippen LogP contribution >= 0.6 is 27.5 Å². The van der Waals surface area contributed by atoms with Crippen molar-refractivity contribution in [3.05, 3.63) is 45.1 Å². The monoisotopic (exact) mass is 385 g/mol. The number of nitrogens with one attached hydrogen (secondary N) is 1. The second-order valence-corrected chi connectivity index (χ2v) is 5.98. The highest BCUT2D eigenvalue weighted by atomic mass is 79.9. The third kappa shape index (κ3) is 4.08. The summed E-state index contributed by atoms with van der Waals surface area (Å²) in [6.45, 7) is 1.59. The van der Waals surface area contributed by atoms with Gasteiger partial charge in [-0.2, -0.15) is 0 Å². The third-order valence-corrected chi connectivity index (χ3v) is 3.59. The SMILES string of the molecule is Cc1cc(NC(=O)CN(C)C(=O)c2ccc(Br)cc2Cl)no1. The minimum Gasteiger partial charge on any atom is -0.360 e. The molecular weight excluding hydrogens is 374 g/mol. The molecule has 1 aromatic heterocycles. The van der Waals surface area contributed by atoms with Gasteiger partial charge in [0.1, 0.15) is 5.76 Å². The zero-order valence-corrected chi connectivity index (χ0v) is 14.2. The molecule has 2 aromatic rings. The van der Waals surface area contributed by atoms with Gasteiger partial charge in [0.25, 0.3) is 5.91 Å². The maximum Gasteiger partial charge on any atom is 0.255 e. The van der Waals surface area contributed by atoms with Crippen molar-refractivity contribution in [1.29, 1.82) is 0 Å². The Morgan fingerprint density at radius 2 is 2.14 bits per heavy atom. The maximum atomic E-state index is 12.3. The largest absolute Gasteiger partial charge is 0.360 e. The molecule has 1 aromatic carbocycles. The minimum absolute atomic E-state index is 0.128. The smallest absolute Gasteiger partial charge is 0.255 e. The van der Waals surface area contributed by atoms with E-state index in [0.717, 1.165) is 4.47 Å². The average molecular weight is 387 g/mol. The van der Waals surface area contributed by atoms with E-state index in [4.69, 9.17) is 16.1 Å². The van der Waals surface area contributed by atoms with E-state index < -0.39 is 0 Å². The summed E-state index contributed by atoms with van der Waals surface area (Å²) in [5.41, 5.74) is 0.331. The predicted octanol–water partition coefficient (Wildman–Crippen LogP) is 3.11. The van der Waals surface area contributed by atoms with E-state index in [-0.39, 0.29) is 18.4 Å². The summed E-state index contributed by atoms with van der Waals surface area (Å²) < 4.78 is 5.62. The maximum absolute atomic E-state index is 12.3. The molecule has 0 bridgehead atoms. The molecule has 6 nitrogen and oxygen atoms in total. The minimum atomic E-state index is -0.377. The summed E-state index contributed by atoms with van der Waals surface area (Å²) in [6, 6.07) is 6.53. The first-order chi connectivity index (χ1) is 10.4. The fourth-order valence-electron chi connectivity index (χ4n) is 1.76. The lowest BCUT2D eigenvalue weighted by atomic mass is 10.2. The van der Waals surface area contributed by atoms with Crippen LogP contribution in [0.25, 0.3) is 0 Å². The molecule has 8 heteroatoms. The zero-order valence-electron chi connectivity index (χ0n) is 11.9. The highest BCUT2D eigenvalue weighted by molar-refractivity contribution is 9.10. The van der Waals surface area contributed by atoms with E-state index in [1.807, 2.05) is 0 Å². The van der Waals surface area contributed by atoms with Gasteiger partial charge in [0.2, 0.25) is 5.91 Å². The normalized spacial score (nSPS) is 10.4. The van der Waals surface area contributed by atoms with Gasteiger partial charge >= 0.3 is 0 Å². The number of anilines is 1. The molecule has 1 heterocycles. The zero-order chi connectivity index (χ0) is 16.3. The van der Waals surface area contributed by atoms with Crippen LogP contribution < -0.4 is 5.32 Å². The highest BCUT2D eigenvalue weighted by Crippen LogP contribution is 2.22. The highest BCUT2D eigenvalue weighted by Gasteiger charge is 2.18. The van der Waals surface area contributed by atoms with Crippen molar-refractivity contribution in [1.82, 2.24) is 10.1 Å².